The van der Waals surface area contributed by atoms with E-state index >= 15 is 0 Å². The second-order valence-corrected chi connectivity index (χ2v) is 5.09. The maximum Gasteiger partial charge on any atom is 0.433 e. The van der Waals surface area contributed by atoms with Gasteiger partial charge in [0.2, 0.25) is 5.95 Å². The van der Waals surface area contributed by atoms with Gasteiger partial charge >= 0.3 is 6.18 Å². The van der Waals surface area contributed by atoms with Gasteiger partial charge in [0.1, 0.15) is 5.82 Å². The molecule has 0 amide bonds. The summed E-state index contributed by atoms with van der Waals surface area (Å²) in [4.78, 5) is 7.38. The van der Waals surface area contributed by atoms with E-state index in [0.29, 0.717) is 13.0 Å². The van der Waals surface area contributed by atoms with Crippen LogP contribution >= 0.6 is 0 Å². The number of alkyl halides is 3. The predicted molar refractivity (Wildman–Crippen MR) is 75.2 cm³/mol. The number of aliphatic hydroxyl groups is 1. The van der Waals surface area contributed by atoms with Crippen LogP contribution in [-0.4, -0.2) is 33.8 Å². The van der Waals surface area contributed by atoms with E-state index in [-0.39, 0.29) is 18.3 Å². The number of hydrogen-bond acceptors (Lipinski definition) is 5. The average Bonchev–Trinajstić information content (AvgIpc) is 2.36. The van der Waals surface area contributed by atoms with Gasteiger partial charge in [-0.2, -0.15) is 18.2 Å². The molecule has 1 atom stereocenters. The van der Waals surface area contributed by atoms with Gasteiger partial charge in [-0.15, -0.1) is 0 Å². The van der Waals surface area contributed by atoms with E-state index in [1.54, 1.807) is 13.8 Å². The maximum atomic E-state index is 12.8. The third kappa shape index (κ3) is 5.74. The van der Waals surface area contributed by atoms with Gasteiger partial charge in [-0.25, -0.2) is 4.98 Å². The van der Waals surface area contributed by atoms with Crippen molar-refractivity contribution in [3.05, 3.63) is 11.8 Å². The summed E-state index contributed by atoms with van der Waals surface area (Å²) in [6.45, 7) is 5.81. The van der Waals surface area contributed by atoms with Gasteiger partial charge < -0.3 is 15.7 Å². The monoisotopic (exact) mass is 306 g/mol. The molecule has 5 nitrogen and oxygen atoms in total. The van der Waals surface area contributed by atoms with Crippen molar-refractivity contribution >= 4 is 11.8 Å². The molecule has 3 N–H and O–H groups in total. The standard InChI is InChI=1S/C13H21F3N4O/c1-4-6-12(3,21)8-18-10-7-9(13(14,15)16)19-11(20-10)17-5-2/h7,21H,4-6,8H2,1-3H3,(H2,17,18,19,20). The van der Waals surface area contributed by atoms with Crippen molar-refractivity contribution in [2.45, 2.75) is 45.4 Å². The first-order valence-electron chi connectivity index (χ1n) is 6.84. The van der Waals surface area contributed by atoms with Crippen LogP contribution < -0.4 is 10.6 Å². The zero-order valence-corrected chi connectivity index (χ0v) is 12.4. The molecule has 120 valence electrons. The van der Waals surface area contributed by atoms with Gasteiger partial charge in [0, 0.05) is 19.2 Å². The summed E-state index contributed by atoms with van der Waals surface area (Å²) in [6.07, 6.45) is -3.23. The fraction of sp³-hybridized carbons (Fsp3) is 0.692. The fourth-order valence-corrected chi connectivity index (χ4v) is 1.83. The van der Waals surface area contributed by atoms with Crippen LogP contribution in [-0.2, 0) is 6.18 Å². The van der Waals surface area contributed by atoms with Crippen LogP contribution in [0.5, 0.6) is 0 Å². The summed E-state index contributed by atoms with van der Waals surface area (Å²) in [7, 11) is 0. The molecular weight excluding hydrogens is 285 g/mol. The van der Waals surface area contributed by atoms with Crippen molar-refractivity contribution in [2.24, 2.45) is 0 Å². The third-order valence-corrected chi connectivity index (χ3v) is 2.79. The Morgan fingerprint density at radius 3 is 2.38 bits per heavy atom. The molecule has 1 aromatic heterocycles. The minimum atomic E-state index is -4.55. The van der Waals surface area contributed by atoms with Gasteiger partial charge in [-0.3, -0.25) is 0 Å². The van der Waals surface area contributed by atoms with Crippen LogP contribution in [0.2, 0.25) is 0 Å². The molecule has 0 bridgehead atoms. The lowest BCUT2D eigenvalue weighted by atomic mass is 10.0. The molecule has 0 aliphatic heterocycles. The second kappa shape index (κ2) is 6.93. The molecule has 0 saturated carbocycles. The quantitative estimate of drug-likeness (QED) is 0.722. The Bertz CT molecular complexity index is 463. The van der Waals surface area contributed by atoms with Crippen molar-refractivity contribution < 1.29 is 18.3 Å². The number of nitrogens with one attached hydrogen (secondary N) is 2. The van der Waals surface area contributed by atoms with Crippen LogP contribution in [0.4, 0.5) is 24.9 Å². The van der Waals surface area contributed by atoms with Crippen molar-refractivity contribution in [1.82, 2.24) is 9.97 Å². The summed E-state index contributed by atoms with van der Waals surface area (Å²) >= 11 is 0. The Morgan fingerprint density at radius 2 is 1.86 bits per heavy atom. The Balaban J connectivity index is 2.93. The van der Waals surface area contributed by atoms with Gasteiger partial charge in [0.05, 0.1) is 5.60 Å². The third-order valence-electron chi connectivity index (χ3n) is 2.79. The highest BCUT2D eigenvalue weighted by molar-refractivity contribution is 5.43. The molecule has 1 heterocycles. The average molecular weight is 306 g/mol. The number of aromatic nitrogens is 2. The van der Waals surface area contributed by atoms with Gasteiger partial charge in [0.25, 0.3) is 0 Å². The van der Waals surface area contributed by atoms with E-state index < -0.39 is 17.5 Å². The second-order valence-electron chi connectivity index (χ2n) is 5.09. The van der Waals surface area contributed by atoms with Gasteiger partial charge in [-0.1, -0.05) is 13.3 Å². The normalized spacial score (nSPS) is 14.6. The molecule has 1 rings (SSSR count). The van der Waals surface area contributed by atoms with E-state index in [9.17, 15) is 18.3 Å². The van der Waals surface area contributed by atoms with E-state index in [2.05, 4.69) is 20.6 Å². The smallest absolute Gasteiger partial charge is 0.388 e. The van der Waals surface area contributed by atoms with Crippen molar-refractivity contribution in [3.8, 4) is 0 Å². The summed E-state index contributed by atoms with van der Waals surface area (Å²) in [6, 6.07) is 0.836. The Morgan fingerprint density at radius 1 is 1.19 bits per heavy atom. The first kappa shape index (κ1) is 17.5. The Labute approximate surface area is 122 Å². The molecule has 0 saturated heterocycles. The fourth-order valence-electron chi connectivity index (χ4n) is 1.83. The van der Waals surface area contributed by atoms with Crippen LogP contribution in [0.1, 0.15) is 39.3 Å². The van der Waals surface area contributed by atoms with E-state index in [4.69, 9.17) is 0 Å². The maximum absolute atomic E-state index is 12.8. The van der Waals surface area contributed by atoms with Crippen molar-refractivity contribution in [1.29, 1.82) is 0 Å². The topological polar surface area (TPSA) is 70.1 Å². The van der Waals surface area contributed by atoms with E-state index in [1.807, 2.05) is 6.92 Å². The summed E-state index contributed by atoms with van der Waals surface area (Å²) < 4.78 is 38.4. The molecule has 0 spiro atoms. The van der Waals surface area contributed by atoms with Crippen LogP contribution in [0.15, 0.2) is 6.07 Å². The molecule has 8 heteroatoms. The molecule has 1 aromatic rings. The first-order valence-corrected chi connectivity index (χ1v) is 6.84. The van der Waals surface area contributed by atoms with Crippen LogP contribution in [0, 0.1) is 0 Å². The van der Waals surface area contributed by atoms with Gasteiger partial charge in [-0.05, 0) is 20.3 Å². The summed E-state index contributed by atoms with van der Waals surface area (Å²) in [5.41, 5.74) is -2.03. The van der Waals surface area contributed by atoms with Crippen LogP contribution in [0.3, 0.4) is 0 Å². The van der Waals surface area contributed by atoms with Crippen molar-refractivity contribution in [2.75, 3.05) is 23.7 Å². The molecule has 0 radical (unpaired) electrons. The highest BCUT2D eigenvalue weighted by Gasteiger charge is 2.34. The zero-order valence-electron chi connectivity index (χ0n) is 12.4. The van der Waals surface area contributed by atoms with E-state index in [1.165, 1.54) is 0 Å². The molecule has 0 fully saturated rings. The lowest BCUT2D eigenvalue weighted by Crippen LogP contribution is -2.33. The number of anilines is 2. The van der Waals surface area contributed by atoms with Crippen LogP contribution in [0.25, 0.3) is 0 Å². The first-order chi connectivity index (χ1) is 9.68. The van der Waals surface area contributed by atoms with E-state index in [0.717, 1.165) is 12.5 Å². The number of nitrogens with zero attached hydrogens (tertiary/aromatic N) is 2. The molecular formula is C13H21F3N4O. The lowest BCUT2D eigenvalue weighted by molar-refractivity contribution is -0.141. The molecule has 1 unspecified atom stereocenters. The molecule has 0 aliphatic carbocycles. The largest absolute Gasteiger partial charge is 0.433 e. The van der Waals surface area contributed by atoms with Gasteiger partial charge in [0.15, 0.2) is 5.69 Å². The number of halogens is 3. The highest BCUT2D eigenvalue weighted by atomic mass is 19.4. The Kier molecular flexibility index (Phi) is 5.77. The Hall–Kier alpha value is -1.57. The highest BCUT2D eigenvalue weighted by Crippen LogP contribution is 2.29. The summed E-state index contributed by atoms with van der Waals surface area (Å²) in [5, 5.41) is 15.4. The molecule has 21 heavy (non-hydrogen) atoms. The SMILES string of the molecule is CCCC(C)(O)CNc1cc(C(F)(F)F)nc(NCC)n1. The number of rotatable bonds is 7. The number of hydrogen-bond donors (Lipinski definition) is 3. The van der Waals surface area contributed by atoms with Crippen molar-refractivity contribution in [3.63, 3.8) is 0 Å². The predicted octanol–water partition coefficient (Wildman–Crippen LogP) is 2.89. The zero-order chi connectivity index (χ0) is 16.1. The lowest BCUT2D eigenvalue weighted by Gasteiger charge is -2.23. The summed E-state index contributed by atoms with van der Waals surface area (Å²) in [5.74, 6) is -0.0605. The minimum Gasteiger partial charge on any atom is -0.388 e. The molecule has 0 aliphatic rings. The molecule has 0 aromatic carbocycles. The minimum absolute atomic E-state index is 0.0321.